The van der Waals surface area contributed by atoms with Gasteiger partial charge in [-0.2, -0.15) is 4.68 Å². The van der Waals surface area contributed by atoms with Crippen LogP contribution >= 0.6 is 0 Å². The first kappa shape index (κ1) is 20.8. The van der Waals surface area contributed by atoms with Crippen LogP contribution in [0.5, 0.6) is 11.6 Å². The quantitative estimate of drug-likeness (QED) is 0.656. The fraction of sp³-hybridized carbons (Fsp3) is 0.200. The number of rotatable bonds is 6. The third-order valence-corrected chi connectivity index (χ3v) is 4.23. The van der Waals surface area contributed by atoms with Gasteiger partial charge in [-0.05, 0) is 35.9 Å². The Hall–Kier alpha value is -3.95. The van der Waals surface area contributed by atoms with Crippen molar-refractivity contribution in [1.82, 2.24) is 14.3 Å². The molecule has 3 rings (SSSR count). The largest absolute Gasteiger partial charge is 0.497 e. The van der Waals surface area contributed by atoms with Crippen LogP contribution in [0.2, 0.25) is 0 Å². The van der Waals surface area contributed by atoms with Crippen molar-refractivity contribution < 1.29 is 18.7 Å². The topological polar surface area (TPSA) is 104 Å². The zero-order valence-electron chi connectivity index (χ0n) is 16.5. The van der Waals surface area contributed by atoms with Gasteiger partial charge in [0.1, 0.15) is 11.6 Å². The van der Waals surface area contributed by atoms with Crippen LogP contribution in [0, 0.1) is 5.82 Å². The van der Waals surface area contributed by atoms with Crippen LogP contribution < -0.4 is 26.0 Å². The third kappa shape index (κ3) is 4.22. The summed E-state index contributed by atoms with van der Waals surface area (Å²) < 4.78 is 26.0. The van der Waals surface area contributed by atoms with Gasteiger partial charge < -0.3 is 14.8 Å². The van der Waals surface area contributed by atoms with Crippen molar-refractivity contribution in [3.05, 3.63) is 74.7 Å². The van der Waals surface area contributed by atoms with E-state index in [1.165, 1.54) is 33.3 Å². The Kier molecular flexibility index (Phi) is 5.95. The number of aromatic nitrogens is 3. The first-order valence-corrected chi connectivity index (χ1v) is 8.82. The van der Waals surface area contributed by atoms with Crippen molar-refractivity contribution in [2.75, 3.05) is 19.5 Å². The number of carbonyl (C=O) groups excluding carboxylic acids is 1. The van der Waals surface area contributed by atoms with Crippen molar-refractivity contribution >= 4 is 11.6 Å². The first-order chi connectivity index (χ1) is 14.3. The van der Waals surface area contributed by atoms with E-state index < -0.39 is 23.0 Å². The highest BCUT2D eigenvalue weighted by Crippen LogP contribution is 2.18. The van der Waals surface area contributed by atoms with Gasteiger partial charge in [0.25, 0.3) is 5.88 Å². The molecule has 3 aromatic rings. The van der Waals surface area contributed by atoms with Gasteiger partial charge >= 0.3 is 11.2 Å². The number of methoxy groups -OCH3 is 2. The number of benzene rings is 2. The molecule has 0 aliphatic carbocycles. The molecule has 0 aliphatic heterocycles. The molecule has 9 nitrogen and oxygen atoms in total. The van der Waals surface area contributed by atoms with Crippen LogP contribution in [0.4, 0.5) is 10.1 Å². The van der Waals surface area contributed by atoms with Gasteiger partial charge in [-0.25, -0.2) is 13.8 Å². The highest BCUT2D eigenvalue weighted by molar-refractivity contribution is 5.89. The number of anilines is 1. The summed E-state index contributed by atoms with van der Waals surface area (Å²) >= 11 is 0. The van der Waals surface area contributed by atoms with Crippen molar-refractivity contribution in [3.8, 4) is 17.3 Å². The second kappa shape index (κ2) is 8.60. The Balaban J connectivity index is 2.12. The minimum atomic E-state index is -0.753. The molecule has 0 atom stereocenters. The zero-order valence-corrected chi connectivity index (χ0v) is 16.5. The smallest absolute Gasteiger partial charge is 0.352 e. The van der Waals surface area contributed by atoms with Gasteiger partial charge in [-0.3, -0.25) is 9.59 Å². The molecule has 0 radical (unpaired) electrons. The number of hydrogen-bond acceptors (Lipinski definition) is 6. The van der Waals surface area contributed by atoms with Crippen LogP contribution in [0.25, 0.3) is 5.69 Å². The molecule has 0 saturated heterocycles. The van der Waals surface area contributed by atoms with Crippen LogP contribution in [-0.2, 0) is 11.3 Å². The molecule has 0 saturated carbocycles. The number of nitrogens with zero attached hydrogens (tertiary/aromatic N) is 3. The lowest BCUT2D eigenvalue weighted by atomic mass is 10.2. The molecular formula is C20H19FN4O5. The Morgan fingerprint density at radius 2 is 1.80 bits per heavy atom. The van der Waals surface area contributed by atoms with Gasteiger partial charge in [0.2, 0.25) is 5.91 Å². The minimum Gasteiger partial charge on any atom is -0.497 e. The Morgan fingerprint density at radius 1 is 1.10 bits per heavy atom. The molecule has 1 amide bonds. The lowest BCUT2D eigenvalue weighted by Gasteiger charge is -2.13. The van der Waals surface area contributed by atoms with Gasteiger partial charge in [0.05, 0.1) is 32.1 Å². The number of carbonyl (C=O) groups is 1. The molecule has 0 fully saturated rings. The number of amides is 1. The highest BCUT2D eigenvalue weighted by Gasteiger charge is 2.17. The molecule has 156 valence electrons. The summed E-state index contributed by atoms with van der Waals surface area (Å²) in [7, 11) is 2.79. The summed E-state index contributed by atoms with van der Waals surface area (Å²) in [6.07, 6.45) is 0. The second-order valence-corrected chi connectivity index (χ2v) is 6.29. The molecule has 0 bridgehead atoms. The van der Waals surface area contributed by atoms with Gasteiger partial charge in [-0.15, -0.1) is 5.10 Å². The summed E-state index contributed by atoms with van der Waals surface area (Å²) in [6, 6.07) is 10.5. The van der Waals surface area contributed by atoms with E-state index in [0.29, 0.717) is 11.3 Å². The predicted octanol–water partition coefficient (Wildman–Crippen LogP) is 1.56. The molecule has 1 heterocycles. The SMILES string of the molecule is COc1ccc(Cn2c(=O)c(OC)nn(-c3ccc(F)c(NC(C)=O)c3)c2=O)cc1. The molecule has 0 spiro atoms. The van der Waals surface area contributed by atoms with E-state index in [-0.39, 0.29) is 23.8 Å². The summed E-state index contributed by atoms with van der Waals surface area (Å²) in [5.41, 5.74) is -0.767. The van der Waals surface area contributed by atoms with Crippen LogP contribution in [-0.4, -0.2) is 34.5 Å². The van der Waals surface area contributed by atoms with E-state index in [9.17, 15) is 18.8 Å². The lowest BCUT2D eigenvalue weighted by Crippen LogP contribution is -2.41. The van der Waals surface area contributed by atoms with E-state index in [1.807, 2.05) is 0 Å². The predicted molar refractivity (Wildman–Crippen MR) is 107 cm³/mol. The molecule has 0 aliphatic rings. The monoisotopic (exact) mass is 414 g/mol. The minimum absolute atomic E-state index is 0.0414. The van der Waals surface area contributed by atoms with Crippen LogP contribution in [0.1, 0.15) is 12.5 Å². The average Bonchev–Trinajstić information content (AvgIpc) is 2.73. The molecule has 30 heavy (non-hydrogen) atoms. The molecule has 0 unspecified atom stereocenters. The van der Waals surface area contributed by atoms with Gasteiger partial charge in [0.15, 0.2) is 0 Å². The summed E-state index contributed by atoms with van der Waals surface area (Å²) in [5.74, 6) is -0.838. The summed E-state index contributed by atoms with van der Waals surface area (Å²) in [6.45, 7) is 1.19. The van der Waals surface area contributed by atoms with Crippen molar-refractivity contribution in [2.45, 2.75) is 13.5 Å². The summed E-state index contributed by atoms with van der Waals surface area (Å²) in [5, 5.41) is 6.27. The van der Waals surface area contributed by atoms with Crippen LogP contribution in [0.3, 0.4) is 0 Å². The molecule has 2 aromatic carbocycles. The number of hydrogen-bond donors (Lipinski definition) is 1. The van der Waals surface area contributed by atoms with Crippen LogP contribution in [0.15, 0.2) is 52.1 Å². The van der Waals surface area contributed by atoms with Gasteiger partial charge in [0, 0.05) is 6.92 Å². The second-order valence-electron chi connectivity index (χ2n) is 6.29. The summed E-state index contributed by atoms with van der Waals surface area (Å²) in [4.78, 5) is 36.9. The number of ether oxygens (including phenoxy) is 2. The standard InChI is InChI=1S/C20H19FN4O5/c1-12(26)22-17-10-14(6-9-16(17)21)25-20(28)24(19(27)18(23-25)30-3)11-13-4-7-15(29-2)8-5-13/h4-10H,11H2,1-3H3,(H,22,26). The lowest BCUT2D eigenvalue weighted by molar-refractivity contribution is -0.114. The number of nitrogens with one attached hydrogen (secondary N) is 1. The van der Waals surface area contributed by atoms with Gasteiger partial charge in [-0.1, -0.05) is 12.1 Å². The molecule has 1 N–H and O–H groups in total. The van der Waals surface area contributed by atoms with Crippen molar-refractivity contribution in [1.29, 1.82) is 0 Å². The molecule has 10 heteroatoms. The average molecular weight is 414 g/mol. The van der Waals surface area contributed by atoms with E-state index in [0.717, 1.165) is 15.3 Å². The maximum atomic E-state index is 14.0. The molecule has 1 aromatic heterocycles. The van der Waals surface area contributed by atoms with Crippen molar-refractivity contribution in [3.63, 3.8) is 0 Å². The third-order valence-electron chi connectivity index (χ3n) is 4.23. The Morgan fingerprint density at radius 3 is 2.40 bits per heavy atom. The maximum absolute atomic E-state index is 14.0. The first-order valence-electron chi connectivity index (χ1n) is 8.82. The van der Waals surface area contributed by atoms with E-state index in [1.54, 1.807) is 24.3 Å². The Bertz CT molecular complexity index is 1200. The Labute approximate surface area is 170 Å². The maximum Gasteiger partial charge on any atom is 0.352 e. The highest BCUT2D eigenvalue weighted by atomic mass is 19.1. The fourth-order valence-electron chi connectivity index (χ4n) is 2.77. The van der Waals surface area contributed by atoms with Crippen molar-refractivity contribution in [2.24, 2.45) is 0 Å². The number of halogens is 1. The molecular weight excluding hydrogens is 395 g/mol. The van der Waals surface area contributed by atoms with E-state index >= 15 is 0 Å². The normalized spacial score (nSPS) is 10.5. The fourth-order valence-corrected chi connectivity index (χ4v) is 2.77. The van der Waals surface area contributed by atoms with E-state index in [4.69, 9.17) is 9.47 Å². The zero-order chi connectivity index (χ0) is 21.8. The van der Waals surface area contributed by atoms with E-state index in [2.05, 4.69) is 10.4 Å².